The lowest BCUT2D eigenvalue weighted by atomic mass is 9.97. The zero-order valence-corrected chi connectivity index (χ0v) is 19.9. The van der Waals surface area contributed by atoms with E-state index < -0.39 is 0 Å². The van der Waals surface area contributed by atoms with E-state index in [9.17, 15) is 0 Å². The summed E-state index contributed by atoms with van der Waals surface area (Å²) in [5.41, 5.74) is 1.23. The van der Waals surface area contributed by atoms with Gasteiger partial charge in [-0.3, -0.25) is 4.99 Å². The second-order valence-electron chi connectivity index (χ2n) is 7.36. The molecule has 1 saturated heterocycles. The molecule has 0 atom stereocenters. The predicted molar refractivity (Wildman–Crippen MR) is 127 cm³/mol. The third-order valence-corrected chi connectivity index (χ3v) is 5.31. The van der Waals surface area contributed by atoms with Gasteiger partial charge >= 0.3 is 0 Å². The summed E-state index contributed by atoms with van der Waals surface area (Å²) in [6.07, 6.45) is 3.34. The van der Waals surface area contributed by atoms with Crippen LogP contribution in [-0.2, 0) is 11.2 Å². The molecule has 1 aromatic rings. The lowest BCUT2D eigenvalue weighted by Gasteiger charge is -2.31. The summed E-state index contributed by atoms with van der Waals surface area (Å²) >= 11 is 0. The number of likely N-dealkylation sites (tertiary alicyclic amines) is 1. The monoisotopic (exact) mass is 518 g/mol. The second-order valence-corrected chi connectivity index (χ2v) is 7.36. The molecule has 0 aliphatic carbocycles. The fourth-order valence-electron chi connectivity index (χ4n) is 3.60. The summed E-state index contributed by atoms with van der Waals surface area (Å²) in [4.78, 5) is 7.30. The lowest BCUT2D eigenvalue weighted by Crippen LogP contribution is -2.40. The molecule has 1 aromatic carbocycles. The molecule has 1 fully saturated rings. The summed E-state index contributed by atoms with van der Waals surface area (Å²) in [5.74, 6) is 3.25. The minimum atomic E-state index is 0. The predicted octanol–water partition coefficient (Wildman–Crippen LogP) is 2.49. The first kappa shape index (κ1) is 24.0. The maximum atomic E-state index is 5.45. The van der Waals surface area contributed by atoms with Crippen molar-refractivity contribution in [3.05, 3.63) is 23.8 Å². The Bertz CT molecular complexity index is 636. The Balaban J connectivity index is 0.00000300. The van der Waals surface area contributed by atoms with Gasteiger partial charge in [-0.25, -0.2) is 0 Å². The Morgan fingerprint density at radius 2 is 2.00 bits per heavy atom. The van der Waals surface area contributed by atoms with Gasteiger partial charge in [0.15, 0.2) is 17.5 Å². The summed E-state index contributed by atoms with van der Waals surface area (Å²) in [5, 5.41) is 6.81. The van der Waals surface area contributed by atoms with E-state index in [2.05, 4.69) is 34.6 Å². The highest BCUT2D eigenvalue weighted by Crippen LogP contribution is 2.32. The van der Waals surface area contributed by atoms with Crippen LogP contribution in [0, 0.1) is 5.92 Å². The Kier molecular flexibility index (Phi) is 10.9. The number of halogens is 1. The lowest BCUT2D eigenvalue weighted by molar-refractivity contribution is 0.121. The van der Waals surface area contributed by atoms with Gasteiger partial charge in [0.2, 0.25) is 6.79 Å². The zero-order valence-electron chi connectivity index (χ0n) is 17.6. The number of methoxy groups -OCH3 is 1. The molecule has 164 valence electrons. The fraction of sp³-hybridized carbons (Fsp3) is 0.667. The number of nitrogens with zero attached hydrogens (tertiary/aromatic N) is 2. The van der Waals surface area contributed by atoms with Crippen LogP contribution in [0.25, 0.3) is 0 Å². The van der Waals surface area contributed by atoms with Crippen molar-refractivity contribution in [3.8, 4) is 11.5 Å². The molecule has 2 aliphatic heterocycles. The molecule has 0 aromatic heterocycles. The smallest absolute Gasteiger partial charge is 0.231 e. The van der Waals surface area contributed by atoms with Crippen LogP contribution in [0.1, 0.15) is 25.3 Å². The van der Waals surface area contributed by atoms with E-state index in [1.165, 1.54) is 18.4 Å². The van der Waals surface area contributed by atoms with Crippen LogP contribution in [0.5, 0.6) is 11.5 Å². The average molecular weight is 518 g/mol. The molecule has 3 rings (SSSR count). The van der Waals surface area contributed by atoms with E-state index in [-0.39, 0.29) is 24.0 Å². The average Bonchev–Trinajstić information content (AvgIpc) is 3.19. The van der Waals surface area contributed by atoms with Gasteiger partial charge in [0, 0.05) is 33.3 Å². The van der Waals surface area contributed by atoms with Crippen molar-refractivity contribution in [1.82, 2.24) is 15.5 Å². The Hall–Kier alpha value is -1.26. The van der Waals surface area contributed by atoms with Crippen molar-refractivity contribution in [2.24, 2.45) is 10.9 Å². The van der Waals surface area contributed by atoms with E-state index >= 15 is 0 Å². The van der Waals surface area contributed by atoms with E-state index in [4.69, 9.17) is 19.2 Å². The van der Waals surface area contributed by atoms with E-state index in [0.29, 0.717) is 12.7 Å². The summed E-state index contributed by atoms with van der Waals surface area (Å²) in [7, 11) is 1.77. The van der Waals surface area contributed by atoms with Gasteiger partial charge in [-0.05, 0) is 62.9 Å². The van der Waals surface area contributed by atoms with Gasteiger partial charge in [-0.1, -0.05) is 6.07 Å². The number of hydrogen-bond donors (Lipinski definition) is 2. The van der Waals surface area contributed by atoms with Crippen LogP contribution in [0.4, 0.5) is 0 Å². The number of rotatable bonds is 9. The zero-order chi connectivity index (χ0) is 19.6. The molecule has 29 heavy (non-hydrogen) atoms. The van der Waals surface area contributed by atoms with Gasteiger partial charge < -0.3 is 29.7 Å². The highest BCUT2D eigenvalue weighted by molar-refractivity contribution is 14.0. The van der Waals surface area contributed by atoms with Crippen LogP contribution in [0.3, 0.4) is 0 Å². The summed E-state index contributed by atoms with van der Waals surface area (Å²) in [6.45, 7) is 9.17. The van der Waals surface area contributed by atoms with Gasteiger partial charge in [0.1, 0.15) is 0 Å². The van der Waals surface area contributed by atoms with Crippen LogP contribution in [-0.4, -0.2) is 70.6 Å². The first-order chi connectivity index (χ1) is 13.8. The number of fused-ring (bicyclic) bond motifs is 1. The summed E-state index contributed by atoms with van der Waals surface area (Å²) < 4.78 is 16.0. The van der Waals surface area contributed by atoms with E-state index in [0.717, 1.165) is 69.8 Å². The molecule has 8 heteroatoms. The molecule has 2 N–H and O–H groups in total. The Morgan fingerprint density at radius 3 is 2.76 bits per heavy atom. The van der Waals surface area contributed by atoms with Crippen molar-refractivity contribution >= 4 is 29.9 Å². The molecule has 2 aliphatic rings. The van der Waals surface area contributed by atoms with Crippen LogP contribution >= 0.6 is 24.0 Å². The molecule has 0 amide bonds. The normalized spacial score (nSPS) is 17.1. The SMILES string of the molecule is CCNC(=NCC1CCN(CCOC)CC1)NCCc1ccc2c(c1)OCO2.I. The summed E-state index contributed by atoms with van der Waals surface area (Å²) in [6, 6.07) is 6.14. The highest BCUT2D eigenvalue weighted by atomic mass is 127. The molecule has 0 radical (unpaired) electrons. The molecule has 7 nitrogen and oxygen atoms in total. The van der Waals surface area contributed by atoms with E-state index in [1.807, 2.05) is 6.07 Å². The van der Waals surface area contributed by atoms with Crippen molar-refractivity contribution in [1.29, 1.82) is 0 Å². The number of nitrogens with one attached hydrogen (secondary N) is 2. The fourth-order valence-corrected chi connectivity index (χ4v) is 3.60. The van der Waals surface area contributed by atoms with Gasteiger partial charge in [0.05, 0.1) is 6.61 Å². The van der Waals surface area contributed by atoms with Gasteiger partial charge in [-0.2, -0.15) is 0 Å². The number of aliphatic imine (C=N–C) groups is 1. The molecule has 0 spiro atoms. The minimum absolute atomic E-state index is 0. The largest absolute Gasteiger partial charge is 0.454 e. The maximum Gasteiger partial charge on any atom is 0.231 e. The molecule has 2 heterocycles. The van der Waals surface area contributed by atoms with Crippen LogP contribution in [0.2, 0.25) is 0 Å². The van der Waals surface area contributed by atoms with Gasteiger partial charge in [0.25, 0.3) is 0 Å². The third-order valence-electron chi connectivity index (χ3n) is 5.31. The Morgan fingerprint density at radius 1 is 1.21 bits per heavy atom. The minimum Gasteiger partial charge on any atom is -0.454 e. The molecular formula is C21H35IN4O3. The standard InChI is InChI=1S/C21H34N4O3.HI/c1-3-22-21(24-15-18-7-10-25(11-8-18)12-13-26-2)23-9-6-17-4-5-19-20(14-17)28-16-27-19;/h4-5,14,18H,3,6-13,15-16H2,1-2H3,(H2,22,23,24);1H. The maximum absolute atomic E-state index is 5.45. The first-order valence-corrected chi connectivity index (χ1v) is 10.4. The van der Waals surface area contributed by atoms with Gasteiger partial charge in [-0.15, -0.1) is 24.0 Å². The topological polar surface area (TPSA) is 67.4 Å². The second kappa shape index (κ2) is 13.1. The molecule has 0 saturated carbocycles. The van der Waals surface area contributed by atoms with Crippen molar-refractivity contribution in [2.75, 3.05) is 59.8 Å². The number of benzene rings is 1. The quantitative estimate of drug-likeness (QED) is 0.298. The first-order valence-electron chi connectivity index (χ1n) is 10.4. The van der Waals surface area contributed by atoms with Crippen LogP contribution in [0.15, 0.2) is 23.2 Å². The van der Waals surface area contributed by atoms with Crippen molar-refractivity contribution < 1.29 is 14.2 Å². The van der Waals surface area contributed by atoms with Crippen molar-refractivity contribution in [2.45, 2.75) is 26.2 Å². The van der Waals surface area contributed by atoms with E-state index in [1.54, 1.807) is 7.11 Å². The number of ether oxygens (including phenoxy) is 3. The molecular weight excluding hydrogens is 483 g/mol. The third kappa shape index (κ3) is 7.82. The molecule has 0 bridgehead atoms. The number of hydrogen-bond acceptors (Lipinski definition) is 5. The number of piperidine rings is 1. The van der Waals surface area contributed by atoms with Crippen molar-refractivity contribution in [3.63, 3.8) is 0 Å². The highest BCUT2D eigenvalue weighted by Gasteiger charge is 2.18. The number of guanidine groups is 1. The Labute approximate surface area is 191 Å². The van der Waals surface area contributed by atoms with Crippen LogP contribution < -0.4 is 20.1 Å². The molecule has 0 unspecified atom stereocenters.